The first-order valence-corrected chi connectivity index (χ1v) is 6.53. The van der Waals surface area contributed by atoms with Gasteiger partial charge in [0.1, 0.15) is 9.84 Å². The lowest BCUT2D eigenvalue weighted by atomic mass is 10.6. The SMILES string of the molecule is CCS(=O)(=O)CCCSC. The van der Waals surface area contributed by atoms with Gasteiger partial charge in [0.2, 0.25) is 0 Å². The maximum absolute atomic E-state index is 10.9. The number of hydrogen-bond donors (Lipinski definition) is 0. The van der Waals surface area contributed by atoms with E-state index in [9.17, 15) is 8.42 Å². The van der Waals surface area contributed by atoms with Gasteiger partial charge in [-0.15, -0.1) is 0 Å². The van der Waals surface area contributed by atoms with Gasteiger partial charge in [0, 0.05) is 5.75 Å². The summed E-state index contributed by atoms with van der Waals surface area (Å²) in [5.41, 5.74) is 0. The standard InChI is InChI=1S/C6H14O2S2/c1-3-10(7,8)6-4-5-9-2/h3-6H2,1-2H3. The number of thioether (sulfide) groups is 1. The Kier molecular flexibility index (Phi) is 5.17. The van der Waals surface area contributed by atoms with E-state index in [1.165, 1.54) is 0 Å². The fourth-order valence-electron chi connectivity index (χ4n) is 0.568. The van der Waals surface area contributed by atoms with Crippen molar-refractivity contribution < 1.29 is 8.42 Å². The summed E-state index contributed by atoms with van der Waals surface area (Å²) in [4.78, 5) is 0. The van der Waals surface area contributed by atoms with Crippen LogP contribution in [0.1, 0.15) is 13.3 Å². The van der Waals surface area contributed by atoms with Crippen LogP contribution in [0.2, 0.25) is 0 Å². The molecule has 0 radical (unpaired) electrons. The number of hydrogen-bond acceptors (Lipinski definition) is 3. The predicted molar refractivity (Wildman–Crippen MR) is 47.3 cm³/mol. The molecule has 0 saturated heterocycles. The van der Waals surface area contributed by atoms with Gasteiger partial charge in [0.15, 0.2) is 0 Å². The molecule has 0 aromatic rings. The van der Waals surface area contributed by atoms with E-state index in [4.69, 9.17) is 0 Å². The first kappa shape index (κ1) is 10.3. The summed E-state index contributed by atoms with van der Waals surface area (Å²) in [5, 5.41) is 0. The van der Waals surface area contributed by atoms with E-state index in [0.717, 1.165) is 12.2 Å². The van der Waals surface area contributed by atoms with E-state index in [1.54, 1.807) is 18.7 Å². The molecule has 4 heteroatoms. The second kappa shape index (κ2) is 5.02. The summed E-state index contributed by atoms with van der Waals surface area (Å²) in [6.45, 7) is 1.69. The van der Waals surface area contributed by atoms with E-state index >= 15 is 0 Å². The van der Waals surface area contributed by atoms with Gasteiger partial charge in [-0.25, -0.2) is 8.42 Å². The Labute approximate surface area is 67.3 Å². The van der Waals surface area contributed by atoms with Crippen molar-refractivity contribution in [2.75, 3.05) is 23.5 Å². The average molecular weight is 182 g/mol. The van der Waals surface area contributed by atoms with Gasteiger partial charge in [0.25, 0.3) is 0 Å². The van der Waals surface area contributed by atoms with E-state index in [-0.39, 0.29) is 5.75 Å². The summed E-state index contributed by atoms with van der Waals surface area (Å²) < 4.78 is 21.7. The van der Waals surface area contributed by atoms with Gasteiger partial charge in [-0.3, -0.25) is 0 Å². The van der Waals surface area contributed by atoms with Gasteiger partial charge in [-0.2, -0.15) is 11.8 Å². The van der Waals surface area contributed by atoms with Crippen LogP contribution in [-0.2, 0) is 9.84 Å². The van der Waals surface area contributed by atoms with Gasteiger partial charge in [-0.05, 0) is 18.4 Å². The molecule has 0 unspecified atom stereocenters. The summed E-state index contributed by atoms with van der Waals surface area (Å²) in [7, 11) is -2.71. The van der Waals surface area contributed by atoms with Crippen LogP contribution in [0.25, 0.3) is 0 Å². The maximum atomic E-state index is 10.9. The Morgan fingerprint density at radius 1 is 1.40 bits per heavy atom. The van der Waals surface area contributed by atoms with Crippen molar-refractivity contribution in [2.24, 2.45) is 0 Å². The zero-order valence-corrected chi connectivity index (χ0v) is 8.09. The van der Waals surface area contributed by atoms with Crippen LogP contribution in [0.4, 0.5) is 0 Å². The second-order valence-corrected chi connectivity index (χ2v) is 5.54. The molecule has 0 spiro atoms. The highest BCUT2D eigenvalue weighted by Gasteiger charge is 2.04. The smallest absolute Gasteiger partial charge is 0.150 e. The molecule has 0 aliphatic carbocycles. The average Bonchev–Trinajstić information content (AvgIpc) is 1.89. The highest BCUT2D eigenvalue weighted by Crippen LogP contribution is 1.99. The molecule has 0 fully saturated rings. The molecule has 0 aromatic heterocycles. The van der Waals surface area contributed by atoms with Crippen LogP contribution < -0.4 is 0 Å². The molecule has 10 heavy (non-hydrogen) atoms. The molecule has 2 nitrogen and oxygen atoms in total. The Hall–Kier alpha value is 0.300. The van der Waals surface area contributed by atoms with Crippen molar-refractivity contribution in [1.29, 1.82) is 0 Å². The maximum Gasteiger partial charge on any atom is 0.150 e. The van der Waals surface area contributed by atoms with Crippen LogP contribution >= 0.6 is 11.8 Å². The molecule has 62 valence electrons. The largest absolute Gasteiger partial charge is 0.229 e. The highest BCUT2D eigenvalue weighted by atomic mass is 32.2. The second-order valence-electron chi connectivity index (χ2n) is 2.08. The first-order valence-electron chi connectivity index (χ1n) is 3.31. The third-order valence-corrected chi connectivity index (χ3v) is 3.73. The van der Waals surface area contributed by atoms with Crippen LogP contribution in [0.3, 0.4) is 0 Å². The molecule has 0 aromatic carbocycles. The van der Waals surface area contributed by atoms with E-state index in [1.807, 2.05) is 6.26 Å². The van der Waals surface area contributed by atoms with Crippen LogP contribution in [0, 0.1) is 0 Å². The van der Waals surface area contributed by atoms with Crippen molar-refractivity contribution in [3.8, 4) is 0 Å². The Morgan fingerprint density at radius 3 is 2.40 bits per heavy atom. The van der Waals surface area contributed by atoms with E-state index in [0.29, 0.717) is 5.75 Å². The molecule has 0 N–H and O–H groups in total. The predicted octanol–water partition coefficient (Wildman–Crippen LogP) is 1.17. The summed E-state index contributed by atoms with van der Waals surface area (Å²) in [5.74, 6) is 1.57. The van der Waals surface area contributed by atoms with Crippen molar-refractivity contribution >= 4 is 21.6 Å². The lowest BCUT2D eigenvalue weighted by Crippen LogP contribution is -2.08. The molecule has 0 atom stereocenters. The molecule has 0 rings (SSSR count). The molecule has 0 aliphatic rings. The topological polar surface area (TPSA) is 34.1 Å². The minimum absolute atomic E-state index is 0.279. The van der Waals surface area contributed by atoms with E-state index in [2.05, 4.69) is 0 Å². The van der Waals surface area contributed by atoms with Gasteiger partial charge in [-0.1, -0.05) is 6.92 Å². The Balaban J connectivity index is 3.49. The molecule has 0 aliphatic heterocycles. The molecular weight excluding hydrogens is 168 g/mol. The van der Waals surface area contributed by atoms with E-state index < -0.39 is 9.84 Å². The van der Waals surface area contributed by atoms with Crippen LogP contribution in [-0.4, -0.2) is 31.9 Å². The number of sulfone groups is 1. The Morgan fingerprint density at radius 2 is 2.00 bits per heavy atom. The zero-order chi connectivity index (χ0) is 8.04. The van der Waals surface area contributed by atoms with Crippen molar-refractivity contribution in [3.63, 3.8) is 0 Å². The normalized spacial score (nSPS) is 11.8. The molecular formula is C6H14O2S2. The Bertz CT molecular complexity index is 161. The monoisotopic (exact) mass is 182 g/mol. The third kappa shape index (κ3) is 5.11. The molecule has 0 bridgehead atoms. The van der Waals surface area contributed by atoms with Gasteiger partial charge in [0.05, 0.1) is 5.75 Å². The van der Waals surface area contributed by atoms with Gasteiger partial charge < -0.3 is 0 Å². The van der Waals surface area contributed by atoms with Crippen molar-refractivity contribution in [2.45, 2.75) is 13.3 Å². The zero-order valence-electron chi connectivity index (χ0n) is 6.46. The minimum Gasteiger partial charge on any atom is -0.229 e. The van der Waals surface area contributed by atoms with Crippen molar-refractivity contribution in [1.82, 2.24) is 0 Å². The van der Waals surface area contributed by atoms with Gasteiger partial charge >= 0.3 is 0 Å². The number of rotatable bonds is 5. The quantitative estimate of drug-likeness (QED) is 0.599. The fraction of sp³-hybridized carbons (Fsp3) is 1.00. The first-order chi connectivity index (χ1) is 4.62. The molecule has 0 amide bonds. The molecule has 0 saturated carbocycles. The fourth-order valence-corrected chi connectivity index (χ4v) is 2.06. The highest BCUT2D eigenvalue weighted by molar-refractivity contribution is 7.98. The lowest BCUT2D eigenvalue weighted by molar-refractivity contribution is 0.596. The summed E-state index contributed by atoms with van der Waals surface area (Å²) in [6, 6.07) is 0. The van der Waals surface area contributed by atoms with Crippen LogP contribution in [0.15, 0.2) is 0 Å². The summed E-state index contributed by atoms with van der Waals surface area (Å²) in [6.07, 6.45) is 2.77. The molecule has 0 heterocycles. The third-order valence-electron chi connectivity index (χ3n) is 1.24. The minimum atomic E-state index is -2.71. The van der Waals surface area contributed by atoms with Crippen LogP contribution in [0.5, 0.6) is 0 Å². The van der Waals surface area contributed by atoms with Crippen molar-refractivity contribution in [3.05, 3.63) is 0 Å². The lowest BCUT2D eigenvalue weighted by Gasteiger charge is -1.97. The summed E-state index contributed by atoms with van der Waals surface area (Å²) >= 11 is 1.69.